The zero-order valence-electron chi connectivity index (χ0n) is 12.4. The van der Waals surface area contributed by atoms with Gasteiger partial charge in [0.1, 0.15) is 12.6 Å². The fraction of sp³-hybridized carbons (Fsp3) is 0.438. The van der Waals surface area contributed by atoms with Crippen LogP contribution < -0.4 is 0 Å². The third-order valence-corrected chi connectivity index (χ3v) is 3.00. The molecule has 0 saturated heterocycles. The maximum absolute atomic E-state index is 12.1. The van der Waals surface area contributed by atoms with Crippen LogP contribution in [0.15, 0.2) is 35.9 Å². The molecule has 0 N–H and O–H groups in total. The number of amides is 1. The van der Waals surface area contributed by atoms with Crippen LogP contribution in [0.3, 0.4) is 0 Å². The zero-order valence-corrected chi connectivity index (χ0v) is 13.1. The highest BCUT2D eigenvalue weighted by Crippen LogP contribution is 2.23. The molecule has 0 spiro atoms. The molecule has 0 aromatic heterocycles. The first kappa shape index (κ1) is 16.7. The Morgan fingerprint density at radius 1 is 1.25 bits per heavy atom. The van der Waals surface area contributed by atoms with Crippen molar-refractivity contribution >= 4 is 23.2 Å². The smallest absolute Gasteiger partial charge is 0.243 e. The number of carbonyl (C=O) groups is 1. The minimum Gasteiger partial charge on any atom is -0.361 e. The maximum atomic E-state index is 12.1. The quantitative estimate of drug-likeness (QED) is 0.434. The van der Waals surface area contributed by atoms with Crippen molar-refractivity contribution < 1.29 is 9.53 Å². The molecule has 0 radical (unpaired) electrons. The van der Waals surface area contributed by atoms with Gasteiger partial charge in [0.25, 0.3) is 0 Å². The van der Waals surface area contributed by atoms with Crippen LogP contribution in [0.25, 0.3) is 5.70 Å². The van der Waals surface area contributed by atoms with Gasteiger partial charge in [-0.3, -0.25) is 9.69 Å². The van der Waals surface area contributed by atoms with Gasteiger partial charge in [0.15, 0.2) is 0 Å². The first-order chi connectivity index (χ1) is 9.61. The number of nitrogens with zero attached hydrogens (tertiary/aromatic N) is 1. The van der Waals surface area contributed by atoms with Crippen molar-refractivity contribution in [2.75, 3.05) is 19.2 Å². The summed E-state index contributed by atoms with van der Waals surface area (Å²) in [5.41, 5.74) is 2.91. The summed E-state index contributed by atoms with van der Waals surface area (Å²) < 4.78 is 5.53. The number of benzene rings is 1. The lowest BCUT2D eigenvalue weighted by Gasteiger charge is -2.26. The lowest BCUT2D eigenvalue weighted by atomic mass is 10.1. The van der Waals surface area contributed by atoms with Crippen LogP contribution in [-0.4, -0.2) is 30.0 Å². The molecule has 1 amide bonds. The Kier molecular flexibility index (Phi) is 7.34. The molecule has 0 fully saturated rings. The highest BCUT2D eigenvalue weighted by atomic mass is 35.5. The number of alkyl halides is 1. The molecule has 0 aliphatic rings. The largest absolute Gasteiger partial charge is 0.361 e. The normalized spacial score (nSPS) is 10.2. The molecule has 1 aromatic carbocycles. The van der Waals surface area contributed by atoms with Crippen molar-refractivity contribution in [3.05, 3.63) is 41.5 Å². The van der Waals surface area contributed by atoms with Gasteiger partial charge in [-0.2, -0.15) is 0 Å². The molecular formula is C16H22ClNO2. The number of halogens is 1. The average molecular weight is 296 g/mol. The summed E-state index contributed by atoms with van der Waals surface area (Å²) in [7, 11) is 0. The van der Waals surface area contributed by atoms with Gasteiger partial charge in [-0.05, 0) is 25.8 Å². The second kappa shape index (κ2) is 8.77. The van der Waals surface area contributed by atoms with Crippen molar-refractivity contribution in [2.24, 2.45) is 0 Å². The van der Waals surface area contributed by atoms with Crippen LogP contribution in [0.2, 0.25) is 0 Å². The number of carbonyl (C=O) groups excluding carboxylic acids is 1. The summed E-state index contributed by atoms with van der Waals surface area (Å²) in [6.07, 6.45) is 0.915. The molecule has 0 heterocycles. The topological polar surface area (TPSA) is 29.5 Å². The first-order valence-electron chi connectivity index (χ1n) is 6.78. The summed E-state index contributed by atoms with van der Waals surface area (Å²) in [5.74, 6) is -0.207. The number of hydrogen-bond donors (Lipinski definition) is 0. The Morgan fingerprint density at radius 2 is 1.90 bits per heavy atom. The van der Waals surface area contributed by atoms with Crippen LogP contribution in [0.4, 0.5) is 0 Å². The van der Waals surface area contributed by atoms with E-state index in [1.807, 2.05) is 51.1 Å². The minimum atomic E-state index is -0.150. The van der Waals surface area contributed by atoms with E-state index in [1.165, 1.54) is 0 Å². The molecule has 1 aromatic rings. The Hall–Kier alpha value is -1.32. The highest BCUT2D eigenvalue weighted by Gasteiger charge is 2.19. The Labute approximate surface area is 126 Å². The summed E-state index contributed by atoms with van der Waals surface area (Å²) in [5, 5.41) is 0. The molecule has 0 saturated carbocycles. The van der Waals surface area contributed by atoms with Crippen molar-refractivity contribution in [1.82, 2.24) is 4.90 Å². The van der Waals surface area contributed by atoms with Gasteiger partial charge >= 0.3 is 0 Å². The monoisotopic (exact) mass is 295 g/mol. The van der Waals surface area contributed by atoms with E-state index in [1.54, 1.807) is 4.90 Å². The van der Waals surface area contributed by atoms with Crippen LogP contribution in [0.5, 0.6) is 0 Å². The number of rotatable bonds is 7. The van der Waals surface area contributed by atoms with Gasteiger partial charge in [0.2, 0.25) is 5.91 Å². The molecule has 20 heavy (non-hydrogen) atoms. The molecule has 0 bridgehead atoms. The van der Waals surface area contributed by atoms with Crippen LogP contribution in [-0.2, 0) is 9.53 Å². The van der Waals surface area contributed by atoms with Gasteiger partial charge in [-0.25, -0.2) is 0 Å². The molecule has 0 aliphatic carbocycles. The van der Waals surface area contributed by atoms with Crippen molar-refractivity contribution in [3.8, 4) is 0 Å². The third-order valence-electron chi connectivity index (χ3n) is 2.77. The molecule has 0 aliphatic heterocycles. The van der Waals surface area contributed by atoms with E-state index in [0.717, 1.165) is 23.3 Å². The van der Waals surface area contributed by atoms with E-state index in [0.29, 0.717) is 6.61 Å². The molecule has 4 heteroatoms. The second-order valence-corrected chi connectivity index (χ2v) is 4.97. The summed E-state index contributed by atoms with van der Waals surface area (Å²) in [6, 6.07) is 9.82. The Morgan fingerprint density at radius 3 is 2.40 bits per heavy atom. The Bertz CT molecular complexity index is 453. The van der Waals surface area contributed by atoms with Gasteiger partial charge in [0.05, 0.1) is 5.70 Å². The lowest BCUT2D eigenvalue weighted by Crippen LogP contribution is -2.33. The lowest BCUT2D eigenvalue weighted by molar-refractivity contribution is -0.129. The van der Waals surface area contributed by atoms with E-state index >= 15 is 0 Å². The SMILES string of the molecule is CCCOCN(C(=O)CCl)C(=C(C)C)c1ccccc1. The maximum Gasteiger partial charge on any atom is 0.243 e. The fourth-order valence-corrected chi connectivity index (χ4v) is 2.09. The predicted octanol–water partition coefficient (Wildman–Crippen LogP) is 3.89. The summed E-state index contributed by atoms with van der Waals surface area (Å²) in [6.45, 7) is 6.85. The van der Waals surface area contributed by atoms with Crippen molar-refractivity contribution in [1.29, 1.82) is 0 Å². The molecule has 110 valence electrons. The second-order valence-electron chi connectivity index (χ2n) is 4.71. The first-order valence-corrected chi connectivity index (χ1v) is 7.32. The van der Waals surface area contributed by atoms with E-state index < -0.39 is 0 Å². The molecule has 3 nitrogen and oxygen atoms in total. The fourth-order valence-electron chi connectivity index (χ4n) is 1.94. The third kappa shape index (κ3) is 4.66. The van der Waals surface area contributed by atoms with E-state index in [4.69, 9.17) is 16.3 Å². The van der Waals surface area contributed by atoms with Gasteiger partial charge in [-0.15, -0.1) is 11.6 Å². The molecule has 1 rings (SSSR count). The van der Waals surface area contributed by atoms with E-state index in [9.17, 15) is 4.79 Å². The van der Waals surface area contributed by atoms with Gasteiger partial charge < -0.3 is 4.74 Å². The van der Waals surface area contributed by atoms with Crippen LogP contribution >= 0.6 is 11.6 Å². The van der Waals surface area contributed by atoms with E-state index in [2.05, 4.69) is 0 Å². The minimum absolute atomic E-state index is 0.0564. The predicted molar refractivity (Wildman–Crippen MR) is 83.4 cm³/mol. The zero-order chi connectivity index (χ0) is 15.0. The molecule has 0 unspecified atom stereocenters. The van der Waals surface area contributed by atoms with Gasteiger partial charge in [0, 0.05) is 6.61 Å². The van der Waals surface area contributed by atoms with Gasteiger partial charge in [-0.1, -0.05) is 42.8 Å². The van der Waals surface area contributed by atoms with Crippen molar-refractivity contribution in [2.45, 2.75) is 27.2 Å². The molecule has 0 atom stereocenters. The van der Waals surface area contributed by atoms with Crippen LogP contribution in [0, 0.1) is 0 Å². The van der Waals surface area contributed by atoms with E-state index in [-0.39, 0.29) is 18.5 Å². The number of hydrogen-bond acceptors (Lipinski definition) is 2. The highest BCUT2D eigenvalue weighted by molar-refractivity contribution is 6.27. The summed E-state index contributed by atoms with van der Waals surface area (Å²) >= 11 is 5.73. The Balaban J connectivity index is 3.07. The average Bonchev–Trinajstić information content (AvgIpc) is 2.46. The number of allylic oxidation sites excluding steroid dienone is 1. The summed E-state index contributed by atoms with van der Waals surface area (Å²) in [4.78, 5) is 13.7. The van der Waals surface area contributed by atoms with Crippen molar-refractivity contribution in [3.63, 3.8) is 0 Å². The number of ether oxygens (including phenoxy) is 1. The molecular weight excluding hydrogens is 274 g/mol. The standard InChI is InChI=1S/C16H22ClNO2/c1-4-10-20-12-18(15(19)11-17)16(13(2)3)14-8-6-5-7-9-14/h5-9H,4,10-12H2,1-3H3. The van der Waals surface area contributed by atoms with Crippen LogP contribution in [0.1, 0.15) is 32.8 Å².